The van der Waals surface area contributed by atoms with Crippen LogP contribution in [-0.2, 0) is 0 Å². The zero-order valence-corrected chi connectivity index (χ0v) is 12.2. The van der Waals surface area contributed by atoms with Gasteiger partial charge in [-0.15, -0.1) is 0 Å². The summed E-state index contributed by atoms with van der Waals surface area (Å²) < 4.78 is 0. The summed E-state index contributed by atoms with van der Waals surface area (Å²) in [5.41, 5.74) is 0.816. The monoisotopic (exact) mass is 267 g/mol. The van der Waals surface area contributed by atoms with Crippen molar-refractivity contribution in [2.24, 2.45) is 5.92 Å². The summed E-state index contributed by atoms with van der Waals surface area (Å²) in [5, 5.41) is 2.32. The first-order chi connectivity index (χ1) is 9.65. The molecule has 0 heterocycles. The lowest BCUT2D eigenvalue weighted by Gasteiger charge is -2.24. The maximum Gasteiger partial charge on any atom is 0.254 e. The number of carbonyl (C=O) groups is 1. The molecule has 2 aromatic rings. The van der Waals surface area contributed by atoms with Crippen LogP contribution >= 0.6 is 0 Å². The molecule has 0 unspecified atom stereocenters. The molecular formula is C18H21NO. The second kappa shape index (κ2) is 5.28. The Kier molecular flexibility index (Phi) is 3.47. The van der Waals surface area contributed by atoms with E-state index >= 15 is 0 Å². The lowest BCUT2D eigenvalue weighted by molar-refractivity contribution is 0.0722. The largest absolute Gasteiger partial charge is 0.335 e. The summed E-state index contributed by atoms with van der Waals surface area (Å²) in [6.07, 6.45) is 2.32. The lowest BCUT2D eigenvalue weighted by atomic mass is 10.1. The average Bonchev–Trinajstić information content (AvgIpc) is 3.28. The number of rotatable bonds is 4. The molecule has 1 amide bonds. The van der Waals surface area contributed by atoms with E-state index < -0.39 is 0 Å². The molecular weight excluding hydrogens is 246 g/mol. The zero-order chi connectivity index (χ0) is 14.1. The van der Waals surface area contributed by atoms with Gasteiger partial charge in [-0.1, -0.05) is 44.2 Å². The van der Waals surface area contributed by atoms with Gasteiger partial charge < -0.3 is 4.90 Å². The Morgan fingerprint density at radius 2 is 1.85 bits per heavy atom. The maximum atomic E-state index is 12.7. The van der Waals surface area contributed by atoms with E-state index in [0.29, 0.717) is 12.0 Å². The van der Waals surface area contributed by atoms with Crippen molar-refractivity contribution in [2.45, 2.75) is 32.7 Å². The van der Waals surface area contributed by atoms with Crippen LogP contribution in [0.4, 0.5) is 0 Å². The summed E-state index contributed by atoms with van der Waals surface area (Å²) in [4.78, 5) is 14.8. The Hall–Kier alpha value is -1.83. The minimum atomic E-state index is 0.187. The number of fused-ring (bicyclic) bond motifs is 1. The third-order valence-corrected chi connectivity index (χ3v) is 3.81. The van der Waals surface area contributed by atoms with Crippen molar-refractivity contribution in [3.05, 3.63) is 48.0 Å². The normalized spacial score (nSPS) is 14.8. The van der Waals surface area contributed by atoms with Gasteiger partial charge in [-0.25, -0.2) is 0 Å². The van der Waals surface area contributed by atoms with Crippen LogP contribution in [0, 0.1) is 5.92 Å². The Morgan fingerprint density at radius 3 is 2.50 bits per heavy atom. The summed E-state index contributed by atoms with van der Waals surface area (Å²) in [6, 6.07) is 14.7. The van der Waals surface area contributed by atoms with E-state index in [1.54, 1.807) is 0 Å². The molecule has 1 fully saturated rings. The second-order valence-corrected chi connectivity index (χ2v) is 6.14. The van der Waals surface area contributed by atoms with Crippen molar-refractivity contribution in [1.29, 1.82) is 0 Å². The van der Waals surface area contributed by atoms with Crippen LogP contribution in [0.5, 0.6) is 0 Å². The van der Waals surface area contributed by atoms with Gasteiger partial charge >= 0.3 is 0 Å². The number of hydrogen-bond donors (Lipinski definition) is 0. The zero-order valence-electron chi connectivity index (χ0n) is 12.2. The quantitative estimate of drug-likeness (QED) is 0.816. The second-order valence-electron chi connectivity index (χ2n) is 6.14. The molecule has 1 saturated carbocycles. The standard InChI is InChI=1S/C18H21NO/c1-13(2)12-19(17-9-10-17)18(20)16-8-7-14-5-3-4-6-15(14)11-16/h3-8,11,13,17H,9-10,12H2,1-2H3. The summed E-state index contributed by atoms with van der Waals surface area (Å²) in [6.45, 7) is 5.20. The number of benzene rings is 2. The van der Waals surface area contributed by atoms with Crippen molar-refractivity contribution in [3.8, 4) is 0 Å². The van der Waals surface area contributed by atoms with Crippen molar-refractivity contribution in [2.75, 3.05) is 6.54 Å². The van der Waals surface area contributed by atoms with Gasteiger partial charge in [0.05, 0.1) is 0 Å². The number of carbonyl (C=O) groups excluding carboxylic acids is 1. The van der Waals surface area contributed by atoms with E-state index in [4.69, 9.17) is 0 Å². The predicted molar refractivity (Wildman–Crippen MR) is 82.8 cm³/mol. The Bertz CT molecular complexity index is 628. The van der Waals surface area contributed by atoms with Gasteiger partial charge in [0.2, 0.25) is 0 Å². The fourth-order valence-corrected chi connectivity index (χ4v) is 2.67. The summed E-state index contributed by atoms with van der Waals surface area (Å²) in [7, 11) is 0. The highest BCUT2D eigenvalue weighted by Gasteiger charge is 2.33. The number of hydrogen-bond acceptors (Lipinski definition) is 1. The van der Waals surface area contributed by atoms with Gasteiger partial charge in [0.25, 0.3) is 5.91 Å². The molecule has 104 valence electrons. The van der Waals surface area contributed by atoms with E-state index in [2.05, 4.69) is 30.9 Å². The van der Waals surface area contributed by atoms with E-state index in [1.807, 2.05) is 30.3 Å². The minimum absolute atomic E-state index is 0.187. The molecule has 0 bridgehead atoms. The van der Waals surface area contributed by atoms with Crippen LogP contribution in [0.2, 0.25) is 0 Å². The first kappa shape index (κ1) is 13.2. The SMILES string of the molecule is CC(C)CN(C(=O)c1ccc2ccccc2c1)C1CC1. The molecule has 0 saturated heterocycles. The van der Waals surface area contributed by atoms with Gasteiger partial charge in [-0.2, -0.15) is 0 Å². The highest BCUT2D eigenvalue weighted by Crippen LogP contribution is 2.29. The topological polar surface area (TPSA) is 20.3 Å². The first-order valence-corrected chi connectivity index (χ1v) is 7.45. The molecule has 0 aromatic heterocycles. The van der Waals surface area contributed by atoms with Crippen LogP contribution in [0.15, 0.2) is 42.5 Å². The highest BCUT2D eigenvalue weighted by atomic mass is 16.2. The number of amides is 1. The molecule has 20 heavy (non-hydrogen) atoms. The van der Waals surface area contributed by atoms with Gasteiger partial charge in [0.1, 0.15) is 0 Å². The molecule has 0 aliphatic heterocycles. The molecule has 1 aliphatic carbocycles. The Morgan fingerprint density at radius 1 is 1.15 bits per heavy atom. The Labute approximate surface area is 120 Å². The third-order valence-electron chi connectivity index (χ3n) is 3.81. The van der Waals surface area contributed by atoms with Gasteiger partial charge in [-0.05, 0) is 41.7 Å². The molecule has 2 heteroatoms. The van der Waals surface area contributed by atoms with Gasteiger partial charge in [-0.3, -0.25) is 4.79 Å². The fraction of sp³-hybridized carbons (Fsp3) is 0.389. The van der Waals surface area contributed by atoms with Crippen LogP contribution in [0.25, 0.3) is 10.8 Å². The molecule has 0 radical (unpaired) electrons. The van der Waals surface area contributed by atoms with Crippen LogP contribution in [-0.4, -0.2) is 23.4 Å². The molecule has 2 aromatic carbocycles. The van der Waals surface area contributed by atoms with Crippen molar-refractivity contribution in [1.82, 2.24) is 4.90 Å². The van der Waals surface area contributed by atoms with Crippen molar-refractivity contribution in [3.63, 3.8) is 0 Å². The summed E-state index contributed by atoms with van der Waals surface area (Å²) in [5.74, 6) is 0.701. The van der Waals surface area contributed by atoms with Gasteiger partial charge in [0.15, 0.2) is 0 Å². The van der Waals surface area contributed by atoms with Gasteiger partial charge in [0, 0.05) is 18.2 Å². The lowest BCUT2D eigenvalue weighted by Crippen LogP contribution is -2.36. The highest BCUT2D eigenvalue weighted by molar-refractivity contribution is 5.98. The molecule has 1 aliphatic rings. The van der Waals surface area contributed by atoms with Crippen LogP contribution in [0.3, 0.4) is 0 Å². The molecule has 0 spiro atoms. The maximum absolute atomic E-state index is 12.7. The average molecular weight is 267 g/mol. The number of nitrogens with zero attached hydrogens (tertiary/aromatic N) is 1. The smallest absolute Gasteiger partial charge is 0.254 e. The van der Waals surface area contributed by atoms with Crippen LogP contribution < -0.4 is 0 Å². The van der Waals surface area contributed by atoms with Crippen molar-refractivity contribution < 1.29 is 4.79 Å². The summed E-state index contributed by atoms with van der Waals surface area (Å²) >= 11 is 0. The van der Waals surface area contributed by atoms with E-state index in [-0.39, 0.29) is 5.91 Å². The molecule has 0 atom stereocenters. The third kappa shape index (κ3) is 2.69. The fourth-order valence-electron chi connectivity index (χ4n) is 2.67. The van der Waals surface area contributed by atoms with Crippen molar-refractivity contribution >= 4 is 16.7 Å². The molecule has 2 nitrogen and oxygen atoms in total. The van der Waals surface area contributed by atoms with E-state index in [9.17, 15) is 4.79 Å². The molecule has 0 N–H and O–H groups in total. The minimum Gasteiger partial charge on any atom is -0.335 e. The predicted octanol–water partition coefficient (Wildman–Crippen LogP) is 4.10. The van der Waals surface area contributed by atoms with E-state index in [1.165, 1.54) is 5.39 Å². The van der Waals surface area contributed by atoms with E-state index in [0.717, 1.165) is 30.3 Å². The molecule has 3 rings (SSSR count). The Balaban J connectivity index is 1.90. The first-order valence-electron chi connectivity index (χ1n) is 7.45. The van der Waals surface area contributed by atoms with Crippen LogP contribution in [0.1, 0.15) is 37.0 Å².